The highest BCUT2D eigenvalue weighted by Crippen LogP contribution is 2.75. The Bertz CT molecular complexity index is 850. The Morgan fingerprint density at radius 3 is 1.43 bits per heavy atom. The standard InChI is InChI=1S/C21H20O7/c22-15-11-7-3-9(13(11)17(24)27-15)20(5-7)1-2-21(19(20)26)6-8-4-10(21)14-12(8)16(23)28-18(14)25/h7-14H,1-6H2/t7-,8-,9+,10?,11-,12-,13+,14+,20+,21+/m0/s1. The van der Waals surface area contributed by atoms with Gasteiger partial charge in [-0.05, 0) is 62.2 Å². The van der Waals surface area contributed by atoms with Crippen LogP contribution in [0.25, 0.3) is 0 Å². The lowest BCUT2D eigenvalue weighted by Gasteiger charge is -2.41. The maximum Gasteiger partial charge on any atom is 0.317 e. The van der Waals surface area contributed by atoms with E-state index in [2.05, 4.69) is 0 Å². The van der Waals surface area contributed by atoms with E-state index in [-0.39, 0.29) is 41.3 Å². The molecule has 7 rings (SSSR count). The Morgan fingerprint density at radius 1 is 0.607 bits per heavy atom. The molecule has 2 saturated heterocycles. The predicted molar refractivity (Wildman–Crippen MR) is 87.7 cm³/mol. The third kappa shape index (κ3) is 1.40. The van der Waals surface area contributed by atoms with Crippen molar-refractivity contribution in [1.82, 2.24) is 0 Å². The Morgan fingerprint density at radius 2 is 1.00 bits per heavy atom. The molecule has 4 bridgehead atoms. The van der Waals surface area contributed by atoms with Crippen molar-refractivity contribution >= 4 is 29.7 Å². The first kappa shape index (κ1) is 15.8. The summed E-state index contributed by atoms with van der Waals surface area (Å²) in [4.78, 5) is 62.8. The second-order valence-corrected chi connectivity index (χ2v) is 10.3. The van der Waals surface area contributed by atoms with Crippen LogP contribution in [-0.2, 0) is 33.4 Å². The fraction of sp³-hybridized carbons (Fsp3) is 0.762. The van der Waals surface area contributed by atoms with Gasteiger partial charge in [-0.1, -0.05) is 0 Å². The number of hydrogen-bond acceptors (Lipinski definition) is 7. The van der Waals surface area contributed by atoms with Gasteiger partial charge in [0.1, 0.15) is 5.78 Å². The SMILES string of the molecule is O=C1OC(=O)[C@H]2[C@@H]1[C@H]1C[C@H]2[C@@]2(CC[C@]3(C[C@@H]4CC3[C@H]3C(=O)OC(=O)[C@@H]43)C2=O)C1. The zero-order chi connectivity index (χ0) is 19.2. The number of carbonyl (C=O) groups excluding carboxylic acids is 5. The second-order valence-electron chi connectivity index (χ2n) is 10.3. The molecule has 1 unspecified atom stereocenters. The molecule has 10 atom stereocenters. The Kier molecular flexibility index (Phi) is 2.49. The quantitative estimate of drug-likeness (QED) is 0.454. The molecule has 7 heteroatoms. The monoisotopic (exact) mass is 384 g/mol. The normalized spacial score (nSPS) is 57.6. The van der Waals surface area contributed by atoms with E-state index < -0.39 is 46.5 Å². The predicted octanol–water partition coefficient (Wildman–Crippen LogP) is 1.03. The molecule has 0 N–H and O–H groups in total. The molecule has 5 aliphatic carbocycles. The van der Waals surface area contributed by atoms with Gasteiger partial charge in [0.05, 0.1) is 23.7 Å². The summed E-state index contributed by atoms with van der Waals surface area (Å²) in [6.45, 7) is 0. The fourth-order valence-electron chi connectivity index (χ4n) is 9.16. The number of fused-ring (bicyclic) bond motifs is 12. The maximum atomic E-state index is 14.0. The summed E-state index contributed by atoms with van der Waals surface area (Å²) in [5.74, 6) is -3.28. The average molecular weight is 384 g/mol. The first-order valence-electron chi connectivity index (χ1n) is 10.4. The van der Waals surface area contributed by atoms with Gasteiger partial charge in [0.25, 0.3) is 0 Å². The van der Waals surface area contributed by atoms with Gasteiger partial charge in [-0.3, -0.25) is 24.0 Å². The molecule has 2 heterocycles. The van der Waals surface area contributed by atoms with Gasteiger partial charge in [0.15, 0.2) is 0 Å². The van der Waals surface area contributed by atoms with Gasteiger partial charge in [-0.25, -0.2) is 0 Å². The number of ketones is 1. The smallest absolute Gasteiger partial charge is 0.317 e. The Balaban J connectivity index is 1.27. The number of ether oxygens (including phenoxy) is 2. The summed E-state index contributed by atoms with van der Waals surface area (Å²) in [6.07, 6.45) is 4.27. The number of rotatable bonds is 0. The summed E-state index contributed by atoms with van der Waals surface area (Å²) in [5, 5.41) is 0. The minimum absolute atomic E-state index is 0.0532. The molecule has 0 aromatic heterocycles. The van der Waals surface area contributed by atoms with Crippen LogP contribution in [0.15, 0.2) is 0 Å². The van der Waals surface area contributed by atoms with E-state index in [0.717, 1.165) is 25.7 Å². The van der Waals surface area contributed by atoms with Gasteiger partial charge in [0.2, 0.25) is 0 Å². The molecule has 0 aromatic carbocycles. The first-order chi connectivity index (χ1) is 13.4. The van der Waals surface area contributed by atoms with Crippen LogP contribution in [-0.4, -0.2) is 29.7 Å². The molecule has 2 aliphatic heterocycles. The first-order valence-corrected chi connectivity index (χ1v) is 10.4. The van der Waals surface area contributed by atoms with E-state index >= 15 is 0 Å². The lowest BCUT2D eigenvalue weighted by Crippen LogP contribution is -2.48. The molecule has 146 valence electrons. The summed E-state index contributed by atoms with van der Waals surface area (Å²) in [7, 11) is 0. The Hall–Kier alpha value is -2.05. The zero-order valence-corrected chi connectivity index (χ0v) is 15.2. The van der Waals surface area contributed by atoms with Crippen molar-refractivity contribution in [2.24, 2.45) is 58.2 Å². The van der Waals surface area contributed by atoms with E-state index in [9.17, 15) is 24.0 Å². The van der Waals surface area contributed by atoms with Crippen LogP contribution in [0, 0.1) is 58.2 Å². The summed E-state index contributed by atoms with van der Waals surface area (Å²) >= 11 is 0. The topological polar surface area (TPSA) is 104 Å². The number of hydrogen-bond donors (Lipinski definition) is 0. The van der Waals surface area contributed by atoms with Crippen molar-refractivity contribution in [3.05, 3.63) is 0 Å². The van der Waals surface area contributed by atoms with Crippen LogP contribution >= 0.6 is 0 Å². The van der Waals surface area contributed by atoms with Crippen molar-refractivity contribution < 1.29 is 33.4 Å². The average Bonchev–Trinajstić information content (AvgIpc) is 3.46. The third-order valence-electron chi connectivity index (χ3n) is 9.85. The fourth-order valence-corrected chi connectivity index (χ4v) is 9.16. The second kappa shape index (κ2) is 4.41. The number of Topliss-reactive ketones (excluding diaryl/α,β-unsaturated/α-hetero) is 1. The van der Waals surface area contributed by atoms with Crippen molar-refractivity contribution in [1.29, 1.82) is 0 Å². The van der Waals surface area contributed by atoms with Crippen LogP contribution in [0.4, 0.5) is 0 Å². The van der Waals surface area contributed by atoms with E-state index in [1.807, 2.05) is 0 Å². The van der Waals surface area contributed by atoms with Gasteiger partial charge >= 0.3 is 23.9 Å². The van der Waals surface area contributed by atoms with E-state index in [4.69, 9.17) is 9.47 Å². The van der Waals surface area contributed by atoms with Crippen molar-refractivity contribution in [2.45, 2.75) is 38.5 Å². The van der Waals surface area contributed by atoms with Crippen molar-refractivity contribution in [2.75, 3.05) is 0 Å². The zero-order valence-electron chi connectivity index (χ0n) is 15.2. The molecule has 7 nitrogen and oxygen atoms in total. The molecule has 28 heavy (non-hydrogen) atoms. The van der Waals surface area contributed by atoms with Crippen molar-refractivity contribution in [3.63, 3.8) is 0 Å². The highest BCUT2D eigenvalue weighted by molar-refractivity contribution is 6.02. The van der Waals surface area contributed by atoms with Gasteiger partial charge < -0.3 is 9.47 Å². The van der Waals surface area contributed by atoms with Crippen LogP contribution in [0.3, 0.4) is 0 Å². The Labute approximate surface area is 160 Å². The molecular weight excluding hydrogens is 364 g/mol. The summed E-state index contributed by atoms with van der Waals surface area (Å²) < 4.78 is 9.82. The number of cyclic esters (lactones) is 4. The van der Waals surface area contributed by atoms with E-state index in [1.165, 1.54) is 0 Å². The van der Waals surface area contributed by atoms with Crippen LogP contribution in [0.2, 0.25) is 0 Å². The largest absolute Gasteiger partial charge is 0.393 e. The molecule has 7 fully saturated rings. The van der Waals surface area contributed by atoms with Crippen LogP contribution in [0.5, 0.6) is 0 Å². The molecule has 5 saturated carbocycles. The van der Waals surface area contributed by atoms with E-state index in [1.54, 1.807) is 0 Å². The molecule has 0 amide bonds. The van der Waals surface area contributed by atoms with Gasteiger partial charge in [0, 0.05) is 10.8 Å². The minimum Gasteiger partial charge on any atom is -0.393 e. The van der Waals surface area contributed by atoms with Gasteiger partial charge in [-0.15, -0.1) is 0 Å². The molecule has 0 aromatic rings. The van der Waals surface area contributed by atoms with Crippen LogP contribution < -0.4 is 0 Å². The minimum atomic E-state index is -0.554. The molecular formula is C21H20O7. The molecule has 0 radical (unpaired) electrons. The van der Waals surface area contributed by atoms with Crippen molar-refractivity contribution in [3.8, 4) is 0 Å². The molecule has 7 aliphatic rings. The third-order valence-corrected chi connectivity index (χ3v) is 9.85. The number of carbonyl (C=O) groups is 5. The molecule has 2 spiro atoms. The van der Waals surface area contributed by atoms with Gasteiger partial charge in [-0.2, -0.15) is 0 Å². The lowest BCUT2D eigenvalue weighted by molar-refractivity contribution is -0.156. The number of esters is 4. The maximum absolute atomic E-state index is 14.0. The summed E-state index contributed by atoms with van der Waals surface area (Å²) in [5.41, 5.74) is -1.11. The van der Waals surface area contributed by atoms with E-state index in [0.29, 0.717) is 12.8 Å². The highest BCUT2D eigenvalue weighted by Gasteiger charge is 2.78. The highest BCUT2D eigenvalue weighted by atomic mass is 16.6. The van der Waals surface area contributed by atoms with Crippen LogP contribution in [0.1, 0.15) is 38.5 Å². The summed E-state index contributed by atoms with van der Waals surface area (Å²) in [6, 6.07) is 0. The lowest BCUT2D eigenvalue weighted by atomic mass is 9.58.